The number of hydrogen-bond donors (Lipinski definition) is 1. The molecule has 0 aromatic carbocycles. The van der Waals surface area contributed by atoms with Crippen molar-refractivity contribution in [3.63, 3.8) is 0 Å². The predicted molar refractivity (Wildman–Crippen MR) is 86.9 cm³/mol. The Morgan fingerprint density at radius 3 is 2.76 bits per heavy atom. The molecule has 0 radical (unpaired) electrons. The molecule has 0 saturated heterocycles. The summed E-state index contributed by atoms with van der Waals surface area (Å²) in [6, 6.07) is 0. The average molecular weight is 288 g/mol. The number of allylic oxidation sites excluding steroid dienone is 1. The summed E-state index contributed by atoms with van der Waals surface area (Å²) in [4.78, 5) is 0. The summed E-state index contributed by atoms with van der Waals surface area (Å²) in [6.07, 6.45) is 13.2. The molecule has 4 rings (SSSR count). The molecular formula is C20H32O. The summed E-state index contributed by atoms with van der Waals surface area (Å²) >= 11 is 0. The van der Waals surface area contributed by atoms with Crippen LogP contribution in [0.1, 0.15) is 78.1 Å². The normalized spacial score (nSPS) is 49.6. The maximum atomic E-state index is 9.97. The molecule has 6 atom stereocenters. The first-order chi connectivity index (χ1) is 10.1. The van der Waals surface area contributed by atoms with Crippen molar-refractivity contribution in [2.45, 2.75) is 84.2 Å². The van der Waals surface area contributed by atoms with Crippen molar-refractivity contribution >= 4 is 0 Å². The first kappa shape index (κ1) is 14.3. The number of fused-ring (bicyclic) bond motifs is 4. The second kappa shape index (κ2) is 5.11. The van der Waals surface area contributed by atoms with Crippen LogP contribution in [0.15, 0.2) is 11.1 Å². The van der Waals surface area contributed by atoms with Crippen molar-refractivity contribution in [1.82, 2.24) is 0 Å². The van der Waals surface area contributed by atoms with E-state index in [0.717, 1.165) is 36.5 Å². The van der Waals surface area contributed by atoms with Crippen LogP contribution in [0.4, 0.5) is 0 Å². The second-order valence-electron chi connectivity index (χ2n) is 8.67. The van der Waals surface area contributed by atoms with Gasteiger partial charge in [-0.15, -0.1) is 0 Å². The van der Waals surface area contributed by atoms with E-state index in [9.17, 15) is 5.11 Å². The lowest BCUT2D eigenvalue weighted by Crippen LogP contribution is -2.44. The molecule has 21 heavy (non-hydrogen) atoms. The number of aliphatic hydroxyl groups excluding tert-OH is 1. The minimum absolute atomic E-state index is 0.0369. The summed E-state index contributed by atoms with van der Waals surface area (Å²) < 4.78 is 0. The molecule has 118 valence electrons. The van der Waals surface area contributed by atoms with Crippen LogP contribution >= 0.6 is 0 Å². The number of hydrogen-bond acceptors (Lipinski definition) is 1. The van der Waals surface area contributed by atoms with Gasteiger partial charge in [-0.1, -0.05) is 31.4 Å². The first-order valence-corrected chi connectivity index (χ1v) is 9.52. The van der Waals surface area contributed by atoms with Gasteiger partial charge in [-0.05, 0) is 86.9 Å². The van der Waals surface area contributed by atoms with E-state index in [0.29, 0.717) is 5.41 Å². The maximum absolute atomic E-state index is 9.97. The van der Waals surface area contributed by atoms with Gasteiger partial charge in [0.1, 0.15) is 0 Å². The van der Waals surface area contributed by atoms with Gasteiger partial charge in [0.05, 0.1) is 6.10 Å². The van der Waals surface area contributed by atoms with E-state index in [-0.39, 0.29) is 6.10 Å². The molecular weight excluding hydrogens is 256 g/mol. The fourth-order valence-electron chi connectivity index (χ4n) is 6.97. The molecule has 0 heterocycles. The zero-order valence-corrected chi connectivity index (χ0v) is 13.9. The van der Waals surface area contributed by atoms with Crippen LogP contribution in [0.5, 0.6) is 0 Å². The lowest BCUT2D eigenvalue weighted by atomic mass is 9.53. The van der Waals surface area contributed by atoms with E-state index in [4.69, 9.17) is 0 Å². The van der Waals surface area contributed by atoms with Crippen LogP contribution in [-0.2, 0) is 0 Å². The second-order valence-corrected chi connectivity index (χ2v) is 8.67. The molecule has 0 spiro atoms. The Morgan fingerprint density at radius 1 is 1.10 bits per heavy atom. The largest absolute Gasteiger partial charge is 0.393 e. The Bertz CT molecular complexity index is 451. The van der Waals surface area contributed by atoms with Gasteiger partial charge in [0, 0.05) is 0 Å². The quantitative estimate of drug-likeness (QED) is 0.666. The van der Waals surface area contributed by atoms with Crippen LogP contribution in [-0.4, -0.2) is 11.2 Å². The topological polar surface area (TPSA) is 20.2 Å². The van der Waals surface area contributed by atoms with E-state index in [2.05, 4.69) is 13.8 Å². The van der Waals surface area contributed by atoms with Crippen LogP contribution in [0.2, 0.25) is 0 Å². The number of aliphatic hydroxyl groups is 1. The fraction of sp³-hybridized carbons (Fsp3) is 0.900. The van der Waals surface area contributed by atoms with Gasteiger partial charge in [-0.3, -0.25) is 0 Å². The van der Waals surface area contributed by atoms with Crippen molar-refractivity contribution in [2.75, 3.05) is 0 Å². The summed E-state index contributed by atoms with van der Waals surface area (Å²) in [5, 5.41) is 9.97. The Hall–Kier alpha value is -0.300. The lowest BCUT2D eigenvalue weighted by molar-refractivity contribution is 0.00971. The Balaban J connectivity index is 1.62. The summed E-state index contributed by atoms with van der Waals surface area (Å²) in [7, 11) is 0. The minimum Gasteiger partial charge on any atom is -0.393 e. The maximum Gasteiger partial charge on any atom is 0.0580 e. The fourth-order valence-corrected chi connectivity index (χ4v) is 6.97. The first-order valence-electron chi connectivity index (χ1n) is 9.52. The van der Waals surface area contributed by atoms with Crippen LogP contribution in [0.3, 0.4) is 0 Å². The van der Waals surface area contributed by atoms with E-state index >= 15 is 0 Å². The van der Waals surface area contributed by atoms with Gasteiger partial charge in [0.2, 0.25) is 0 Å². The van der Waals surface area contributed by atoms with Crippen LogP contribution in [0, 0.1) is 29.1 Å². The van der Waals surface area contributed by atoms with E-state index < -0.39 is 0 Å². The molecule has 4 aliphatic carbocycles. The Kier molecular flexibility index (Phi) is 3.48. The van der Waals surface area contributed by atoms with Gasteiger partial charge >= 0.3 is 0 Å². The van der Waals surface area contributed by atoms with Crippen molar-refractivity contribution in [2.24, 2.45) is 29.1 Å². The molecule has 4 unspecified atom stereocenters. The van der Waals surface area contributed by atoms with Crippen molar-refractivity contribution in [3.05, 3.63) is 11.1 Å². The Morgan fingerprint density at radius 2 is 1.95 bits per heavy atom. The van der Waals surface area contributed by atoms with E-state index in [1.807, 2.05) is 5.57 Å². The molecule has 1 heteroatoms. The molecule has 1 nitrogen and oxygen atoms in total. The molecule has 0 aromatic heterocycles. The predicted octanol–water partition coefficient (Wildman–Crippen LogP) is 5.09. The zero-order chi connectivity index (χ0) is 14.6. The Labute approximate surface area is 130 Å². The highest BCUT2D eigenvalue weighted by molar-refractivity contribution is 5.27. The average Bonchev–Trinajstić information content (AvgIpc) is 2.83. The van der Waals surface area contributed by atoms with Crippen molar-refractivity contribution < 1.29 is 5.11 Å². The lowest BCUT2D eigenvalue weighted by Gasteiger charge is -2.52. The number of rotatable bonds is 1. The highest BCUT2D eigenvalue weighted by Crippen LogP contribution is 2.63. The van der Waals surface area contributed by atoms with Gasteiger partial charge < -0.3 is 5.11 Å². The van der Waals surface area contributed by atoms with Crippen LogP contribution < -0.4 is 0 Å². The molecule has 2 saturated carbocycles. The summed E-state index contributed by atoms with van der Waals surface area (Å²) in [5.41, 5.74) is 4.14. The molecule has 4 aliphatic rings. The van der Waals surface area contributed by atoms with Crippen molar-refractivity contribution in [3.8, 4) is 0 Å². The van der Waals surface area contributed by atoms with E-state index in [1.54, 1.807) is 5.57 Å². The van der Waals surface area contributed by atoms with Crippen molar-refractivity contribution in [1.29, 1.82) is 0 Å². The van der Waals surface area contributed by atoms with Gasteiger partial charge in [0.25, 0.3) is 0 Å². The summed E-state index contributed by atoms with van der Waals surface area (Å²) in [5.74, 6) is 3.87. The third kappa shape index (κ3) is 2.06. The van der Waals surface area contributed by atoms with Gasteiger partial charge in [0.15, 0.2) is 0 Å². The standard InChI is InChI=1S/C20H32O/c1-3-14-5-9-19-18-7-4-13-12-15(21)6-8-16(13)17(18)10-11-20(14,19)2/h14-15,17-19,21H,3-12H2,1-2H3/t14-,15?,17?,18?,19?,20+/m0/s1. The minimum atomic E-state index is -0.0369. The van der Waals surface area contributed by atoms with E-state index in [1.165, 1.54) is 51.4 Å². The smallest absolute Gasteiger partial charge is 0.0580 e. The molecule has 0 bridgehead atoms. The monoisotopic (exact) mass is 288 g/mol. The molecule has 0 amide bonds. The van der Waals surface area contributed by atoms with Crippen LogP contribution in [0.25, 0.3) is 0 Å². The highest BCUT2D eigenvalue weighted by atomic mass is 16.3. The highest BCUT2D eigenvalue weighted by Gasteiger charge is 2.54. The SMILES string of the molecule is CC[C@H]1CCC2C3CCC4=C(CCC(O)C4)C3CC[C@@]21C. The molecule has 0 aliphatic heterocycles. The third-order valence-electron chi connectivity index (χ3n) is 8.04. The zero-order valence-electron chi connectivity index (χ0n) is 13.9. The third-order valence-corrected chi connectivity index (χ3v) is 8.04. The van der Waals surface area contributed by atoms with Gasteiger partial charge in [-0.25, -0.2) is 0 Å². The molecule has 1 N–H and O–H groups in total. The summed E-state index contributed by atoms with van der Waals surface area (Å²) in [6.45, 7) is 5.04. The molecule has 2 fully saturated rings. The molecule has 0 aromatic rings. The van der Waals surface area contributed by atoms with Gasteiger partial charge in [-0.2, -0.15) is 0 Å².